The molecule has 24 heavy (non-hydrogen) atoms. The number of nitrogens with zero attached hydrogens (tertiary/aromatic N) is 2. The number of carbonyl (C=O) groups excluding carboxylic acids is 1. The fourth-order valence-corrected chi connectivity index (χ4v) is 2.65. The van der Waals surface area contributed by atoms with Crippen molar-refractivity contribution in [3.05, 3.63) is 89.7 Å². The molecule has 0 aliphatic rings. The van der Waals surface area contributed by atoms with Crippen LogP contribution in [0.4, 0.5) is 0 Å². The van der Waals surface area contributed by atoms with E-state index < -0.39 is 0 Å². The summed E-state index contributed by atoms with van der Waals surface area (Å²) in [5, 5.41) is 12.3. The van der Waals surface area contributed by atoms with Crippen molar-refractivity contribution in [1.82, 2.24) is 9.88 Å². The van der Waals surface area contributed by atoms with E-state index in [-0.39, 0.29) is 11.9 Å². The number of amides is 1. The minimum absolute atomic E-state index is 0.149. The van der Waals surface area contributed by atoms with Gasteiger partial charge in [-0.05, 0) is 30.7 Å². The van der Waals surface area contributed by atoms with Crippen molar-refractivity contribution in [2.75, 3.05) is 0 Å². The number of benzene rings is 2. The summed E-state index contributed by atoms with van der Waals surface area (Å²) in [5.74, 6) is -0.267. The number of carbonyl (C=O) groups is 1. The summed E-state index contributed by atoms with van der Waals surface area (Å²) < 4.78 is 1.74. The molecule has 0 radical (unpaired) electrons. The average Bonchev–Trinajstić information content (AvgIpc) is 3.07. The normalized spacial score (nSPS) is 11.5. The molecule has 0 aliphatic heterocycles. The fraction of sp³-hybridized carbons (Fsp3) is 0.100. The van der Waals surface area contributed by atoms with Gasteiger partial charge in [-0.2, -0.15) is 5.26 Å². The van der Waals surface area contributed by atoms with E-state index in [0.29, 0.717) is 11.3 Å². The summed E-state index contributed by atoms with van der Waals surface area (Å²) in [4.78, 5) is 12.8. The smallest absolute Gasteiger partial charge is 0.270 e. The Morgan fingerprint density at radius 3 is 2.29 bits per heavy atom. The van der Waals surface area contributed by atoms with Crippen LogP contribution in [0.2, 0.25) is 0 Å². The van der Waals surface area contributed by atoms with Gasteiger partial charge in [0.2, 0.25) is 0 Å². The van der Waals surface area contributed by atoms with Crippen LogP contribution in [0.5, 0.6) is 0 Å². The molecule has 1 N–H and O–H groups in total. The van der Waals surface area contributed by atoms with E-state index in [4.69, 9.17) is 0 Å². The van der Waals surface area contributed by atoms with Crippen LogP contribution in [0.1, 0.15) is 34.6 Å². The maximum absolute atomic E-state index is 12.8. The van der Waals surface area contributed by atoms with Crippen molar-refractivity contribution >= 4 is 5.91 Å². The Labute approximate surface area is 141 Å². The second-order valence-corrected chi connectivity index (χ2v) is 5.50. The second-order valence-electron chi connectivity index (χ2n) is 5.50. The van der Waals surface area contributed by atoms with Crippen molar-refractivity contribution in [1.29, 1.82) is 5.26 Å². The Hall–Kier alpha value is -3.32. The van der Waals surface area contributed by atoms with E-state index in [9.17, 15) is 10.1 Å². The number of para-hydroxylation sites is 1. The molecule has 3 rings (SSSR count). The molecule has 1 aromatic heterocycles. The summed E-state index contributed by atoms with van der Waals surface area (Å²) >= 11 is 0. The first-order valence-corrected chi connectivity index (χ1v) is 7.73. The van der Waals surface area contributed by atoms with Gasteiger partial charge in [-0.3, -0.25) is 4.79 Å². The molecule has 0 saturated heterocycles. The highest BCUT2D eigenvalue weighted by Crippen LogP contribution is 2.19. The Morgan fingerprint density at radius 1 is 1.04 bits per heavy atom. The topological polar surface area (TPSA) is 57.8 Å². The lowest BCUT2D eigenvalue weighted by molar-refractivity contribution is 0.0933. The highest BCUT2D eigenvalue weighted by atomic mass is 16.2. The van der Waals surface area contributed by atoms with E-state index in [2.05, 4.69) is 11.4 Å². The summed E-state index contributed by atoms with van der Waals surface area (Å²) in [6.07, 6.45) is 1.75. The van der Waals surface area contributed by atoms with Gasteiger partial charge in [0.05, 0.1) is 11.6 Å². The highest BCUT2D eigenvalue weighted by molar-refractivity contribution is 5.96. The maximum Gasteiger partial charge on any atom is 0.270 e. The zero-order valence-electron chi connectivity index (χ0n) is 13.3. The molecule has 118 valence electrons. The van der Waals surface area contributed by atoms with E-state index >= 15 is 0 Å². The van der Waals surface area contributed by atoms with Crippen molar-refractivity contribution in [3.63, 3.8) is 0 Å². The first-order valence-electron chi connectivity index (χ1n) is 7.73. The molecule has 3 aromatic rings. The van der Waals surface area contributed by atoms with Crippen LogP contribution in [0.3, 0.4) is 0 Å². The Morgan fingerprint density at radius 2 is 1.67 bits per heavy atom. The molecule has 0 saturated carbocycles. The lowest BCUT2D eigenvalue weighted by atomic mass is 10.1. The molecule has 4 nitrogen and oxygen atoms in total. The molecule has 0 spiro atoms. The molecular formula is C20H17N3O. The van der Waals surface area contributed by atoms with Gasteiger partial charge >= 0.3 is 0 Å². The van der Waals surface area contributed by atoms with Crippen LogP contribution >= 0.6 is 0 Å². The van der Waals surface area contributed by atoms with Crippen molar-refractivity contribution in [3.8, 4) is 11.8 Å². The van der Waals surface area contributed by atoms with Gasteiger partial charge in [0, 0.05) is 11.9 Å². The summed E-state index contributed by atoms with van der Waals surface area (Å²) in [6, 6.07) is 22.9. The number of aromatic nitrogens is 1. The molecule has 0 bridgehead atoms. The molecular weight excluding hydrogens is 298 g/mol. The molecule has 2 aromatic carbocycles. The minimum Gasteiger partial charge on any atom is -0.344 e. The van der Waals surface area contributed by atoms with Crippen LogP contribution in [0.25, 0.3) is 5.69 Å². The first kappa shape index (κ1) is 15.6. The number of hydrogen-bond acceptors (Lipinski definition) is 2. The summed E-state index contributed by atoms with van der Waals surface area (Å²) in [5.41, 5.74) is 2.57. The number of nitrogens with one attached hydrogen (secondary N) is 1. The number of hydrogen-bond donors (Lipinski definition) is 1. The van der Waals surface area contributed by atoms with Gasteiger partial charge < -0.3 is 9.88 Å². The largest absolute Gasteiger partial charge is 0.344 e. The lowest BCUT2D eigenvalue weighted by Gasteiger charge is -2.16. The van der Waals surface area contributed by atoms with Gasteiger partial charge in [0.1, 0.15) is 11.8 Å². The highest BCUT2D eigenvalue weighted by Gasteiger charge is 2.20. The second kappa shape index (κ2) is 6.84. The molecule has 1 amide bonds. The van der Waals surface area contributed by atoms with Gasteiger partial charge in [0.15, 0.2) is 0 Å². The zero-order valence-corrected chi connectivity index (χ0v) is 13.3. The first-order chi connectivity index (χ1) is 11.7. The van der Waals surface area contributed by atoms with Crippen molar-refractivity contribution in [2.24, 2.45) is 0 Å². The Balaban J connectivity index is 1.93. The predicted molar refractivity (Wildman–Crippen MR) is 92.8 cm³/mol. The number of nitriles is 1. The summed E-state index contributed by atoms with van der Waals surface area (Å²) in [7, 11) is 0. The third-order valence-corrected chi connectivity index (χ3v) is 3.90. The molecule has 0 aliphatic carbocycles. The Bertz CT molecular complexity index is 876. The Kier molecular flexibility index (Phi) is 4.44. The monoisotopic (exact) mass is 315 g/mol. The summed E-state index contributed by atoms with van der Waals surface area (Å²) in [6.45, 7) is 1.93. The molecule has 0 fully saturated rings. The fourth-order valence-electron chi connectivity index (χ4n) is 2.65. The van der Waals surface area contributed by atoms with E-state index in [1.54, 1.807) is 16.8 Å². The molecule has 1 heterocycles. The van der Waals surface area contributed by atoms with Crippen LogP contribution < -0.4 is 5.32 Å². The van der Waals surface area contributed by atoms with Crippen molar-refractivity contribution in [2.45, 2.75) is 13.0 Å². The van der Waals surface area contributed by atoms with Crippen LogP contribution in [0, 0.1) is 11.3 Å². The SMILES string of the molecule is CC(NC(=O)c1c(C#N)ccn1-c1ccccc1)c1ccccc1. The maximum atomic E-state index is 12.8. The third kappa shape index (κ3) is 3.06. The minimum atomic E-state index is -0.267. The van der Waals surface area contributed by atoms with Crippen LogP contribution in [-0.4, -0.2) is 10.5 Å². The molecule has 4 heteroatoms. The third-order valence-electron chi connectivity index (χ3n) is 3.90. The van der Waals surface area contributed by atoms with Gasteiger partial charge in [-0.15, -0.1) is 0 Å². The molecule has 1 unspecified atom stereocenters. The molecule has 1 atom stereocenters. The van der Waals surface area contributed by atoms with Gasteiger partial charge in [-0.25, -0.2) is 0 Å². The predicted octanol–water partition coefficient (Wildman–Crippen LogP) is 3.84. The van der Waals surface area contributed by atoms with E-state index in [0.717, 1.165) is 11.3 Å². The lowest BCUT2D eigenvalue weighted by Crippen LogP contribution is -2.29. The van der Waals surface area contributed by atoms with E-state index in [1.807, 2.05) is 67.6 Å². The number of rotatable bonds is 4. The standard InChI is InChI=1S/C20H17N3O/c1-15(16-8-4-2-5-9-16)22-20(24)19-17(14-21)12-13-23(19)18-10-6-3-7-11-18/h2-13,15H,1H3,(H,22,24). The van der Waals surface area contributed by atoms with Crippen LogP contribution in [-0.2, 0) is 0 Å². The van der Waals surface area contributed by atoms with E-state index in [1.165, 1.54) is 0 Å². The van der Waals surface area contributed by atoms with Crippen molar-refractivity contribution < 1.29 is 4.79 Å². The van der Waals surface area contributed by atoms with Gasteiger partial charge in [0.25, 0.3) is 5.91 Å². The van der Waals surface area contributed by atoms with Crippen LogP contribution in [0.15, 0.2) is 72.9 Å². The van der Waals surface area contributed by atoms with Gasteiger partial charge in [-0.1, -0.05) is 48.5 Å². The average molecular weight is 315 g/mol. The quantitative estimate of drug-likeness (QED) is 0.795. The zero-order chi connectivity index (χ0) is 16.9.